The molecule has 1 heterocycles. The van der Waals surface area contributed by atoms with Crippen LogP contribution in [0.5, 0.6) is 5.75 Å². The second-order valence-corrected chi connectivity index (χ2v) is 6.00. The Labute approximate surface area is 158 Å². The minimum atomic E-state index is -0.556. The van der Waals surface area contributed by atoms with Gasteiger partial charge < -0.3 is 10.1 Å². The summed E-state index contributed by atoms with van der Waals surface area (Å²) in [7, 11) is 0. The van der Waals surface area contributed by atoms with E-state index in [4.69, 9.17) is 16.3 Å². The number of nitro benzene ring substituents is 1. The monoisotopic (exact) mass is 387 g/mol. The molecule has 0 unspecified atom stereocenters. The van der Waals surface area contributed by atoms with Gasteiger partial charge in [-0.05, 0) is 36.8 Å². The van der Waals surface area contributed by atoms with E-state index in [0.717, 1.165) is 5.56 Å². The van der Waals surface area contributed by atoms with E-state index in [1.165, 1.54) is 29.5 Å². The molecule has 0 bridgehead atoms. The topological polar surface area (TPSA) is 112 Å². The number of aromatic nitrogens is 3. The third-order valence-electron chi connectivity index (χ3n) is 3.57. The second-order valence-electron chi connectivity index (χ2n) is 5.57. The number of hydrogen-bond donors (Lipinski definition) is 1. The zero-order valence-electron chi connectivity index (χ0n) is 14.1. The first-order valence-corrected chi connectivity index (χ1v) is 8.14. The molecule has 0 radical (unpaired) electrons. The van der Waals surface area contributed by atoms with E-state index in [2.05, 4.69) is 15.4 Å². The van der Waals surface area contributed by atoms with Gasteiger partial charge in [0.15, 0.2) is 12.4 Å². The summed E-state index contributed by atoms with van der Waals surface area (Å²) in [5.74, 6) is -0.489. The molecule has 3 aromatic rings. The van der Waals surface area contributed by atoms with Gasteiger partial charge in [-0.3, -0.25) is 14.9 Å². The summed E-state index contributed by atoms with van der Waals surface area (Å²) in [5, 5.41) is 18.2. The lowest BCUT2D eigenvalue weighted by molar-refractivity contribution is -0.385. The number of amides is 1. The lowest BCUT2D eigenvalue weighted by atomic mass is 10.2. The van der Waals surface area contributed by atoms with Crippen LogP contribution in [0.4, 0.5) is 11.4 Å². The molecule has 0 aliphatic rings. The van der Waals surface area contributed by atoms with Crippen molar-refractivity contribution in [3.8, 4) is 11.4 Å². The zero-order valence-corrected chi connectivity index (χ0v) is 14.9. The van der Waals surface area contributed by atoms with E-state index in [0.29, 0.717) is 16.4 Å². The van der Waals surface area contributed by atoms with Crippen molar-refractivity contribution in [1.29, 1.82) is 0 Å². The summed E-state index contributed by atoms with van der Waals surface area (Å²) in [6.07, 6.45) is 2.84. The molecule has 0 spiro atoms. The average Bonchev–Trinajstić information content (AvgIpc) is 3.15. The number of halogens is 1. The van der Waals surface area contributed by atoms with Gasteiger partial charge in [-0.15, -0.1) is 0 Å². The van der Waals surface area contributed by atoms with E-state index < -0.39 is 17.4 Å². The fraction of sp³-hybridized carbons (Fsp3) is 0.118. The van der Waals surface area contributed by atoms with Crippen molar-refractivity contribution in [3.63, 3.8) is 0 Å². The SMILES string of the molecule is Cc1ccc(OCC(=O)Nc2cc(Cl)ccc2-n2cncn2)c([N+](=O)[O-])c1. The Kier molecular flexibility index (Phi) is 5.32. The first-order chi connectivity index (χ1) is 12.9. The highest BCUT2D eigenvalue weighted by atomic mass is 35.5. The smallest absolute Gasteiger partial charge is 0.311 e. The number of anilines is 1. The molecule has 1 N–H and O–H groups in total. The molecular weight excluding hydrogens is 374 g/mol. The minimum absolute atomic E-state index is 0.0170. The number of hydrogen-bond acceptors (Lipinski definition) is 6. The summed E-state index contributed by atoms with van der Waals surface area (Å²) in [4.78, 5) is 26.7. The third-order valence-corrected chi connectivity index (χ3v) is 3.80. The molecule has 3 rings (SSSR count). The van der Waals surface area contributed by atoms with Crippen LogP contribution in [0.25, 0.3) is 5.69 Å². The molecule has 2 aromatic carbocycles. The Bertz CT molecular complexity index is 991. The summed E-state index contributed by atoms with van der Waals surface area (Å²) in [5.41, 5.74) is 1.48. The van der Waals surface area contributed by atoms with Crippen molar-refractivity contribution in [3.05, 3.63) is 69.8 Å². The highest BCUT2D eigenvalue weighted by molar-refractivity contribution is 6.31. The number of nitrogens with one attached hydrogen (secondary N) is 1. The first-order valence-electron chi connectivity index (χ1n) is 7.76. The fourth-order valence-electron chi connectivity index (χ4n) is 2.36. The Morgan fingerprint density at radius 2 is 2.15 bits per heavy atom. The first kappa shape index (κ1) is 18.3. The maximum absolute atomic E-state index is 12.3. The Morgan fingerprint density at radius 1 is 1.33 bits per heavy atom. The van der Waals surface area contributed by atoms with E-state index in [1.54, 1.807) is 31.2 Å². The van der Waals surface area contributed by atoms with E-state index >= 15 is 0 Å². The number of carbonyl (C=O) groups is 1. The van der Waals surface area contributed by atoms with Gasteiger partial charge in [-0.2, -0.15) is 5.10 Å². The zero-order chi connectivity index (χ0) is 19.4. The van der Waals surface area contributed by atoms with Gasteiger partial charge in [0.05, 0.1) is 16.3 Å². The third kappa shape index (κ3) is 4.39. The average molecular weight is 388 g/mol. The maximum atomic E-state index is 12.3. The van der Waals surface area contributed by atoms with E-state index in [1.807, 2.05) is 0 Å². The summed E-state index contributed by atoms with van der Waals surface area (Å²) in [6.45, 7) is 1.32. The highest BCUT2D eigenvalue weighted by Crippen LogP contribution is 2.28. The van der Waals surface area contributed by atoms with Crippen LogP contribution in [0.2, 0.25) is 5.02 Å². The van der Waals surface area contributed by atoms with Crippen molar-refractivity contribution in [1.82, 2.24) is 14.8 Å². The van der Waals surface area contributed by atoms with Gasteiger partial charge in [0.1, 0.15) is 12.7 Å². The van der Waals surface area contributed by atoms with E-state index in [-0.39, 0.29) is 11.4 Å². The van der Waals surface area contributed by atoms with Crippen molar-refractivity contribution in [2.24, 2.45) is 0 Å². The largest absolute Gasteiger partial charge is 0.477 e. The number of nitrogens with zero attached hydrogens (tertiary/aromatic N) is 4. The molecule has 9 nitrogen and oxygen atoms in total. The molecule has 138 valence electrons. The summed E-state index contributed by atoms with van der Waals surface area (Å²) in [6, 6.07) is 9.40. The number of carbonyl (C=O) groups excluding carboxylic acids is 1. The van der Waals surface area contributed by atoms with Crippen LogP contribution in [-0.2, 0) is 4.79 Å². The number of rotatable bonds is 6. The van der Waals surface area contributed by atoms with Gasteiger partial charge in [0.25, 0.3) is 5.91 Å². The fourth-order valence-corrected chi connectivity index (χ4v) is 2.53. The lowest BCUT2D eigenvalue weighted by Crippen LogP contribution is -2.21. The van der Waals surface area contributed by atoms with Crippen LogP contribution in [0, 0.1) is 17.0 Å². The molecular formula is C17H14ClN5O4. The molecule has 10 heteroatoms. The molecule has 0 fully saturated rings. The lowest BCUT2D eigenvalue weighted by Gasteiger charge is -2.12. The summed E-state index contributed by atoms with van der Waals surface area (Å²) >= 11 is 6.00. The number of ether oxygens (including phenoxy) is 1. The highest BCUT2D eigenvalue weighted by Gasteiger charge is 2.17. The van der Waals surface area contributed by atoms with Crippen LogP contribution in [-0.4, -0.2) is 32.2 Å². The molecule has 0 atom stereocenters. The van der Waals surface area contributed by atoms with Gasteiger partial charge in [-0.25, -0.2) is 9.67 Å². The molecule has 0 saturated carbocycles. The van der Waals surface area contributed by atoms with Crippen LogP contribution in [0.15, 0.2) is 49.1 Å². The van der Waals surface area contributed by atoms with Crippen LogP contribution in [0.1, 0.15) is 5.56 Å². The molecule has 27 heavy (non-hydrogen) atoms. The predicted octanol–water partition coefficient (Wildman–Crippen LogP) is 3.15. The Morgan fingerprint density at radius 3 is 2.85 bits per heavy atom. The Hall–Kier alpha value is -3.46. The molecule has 1 amide bonds. The molecule has 1 aromatic heterocycles. The van der Waals surface area contributed by atoms with Crippen molar-refractivity contribution >= 4 is 28.9 Å². The Balaban J connectivity index is 1.74. The second kappa shape index (κ2) is 7.83. The van der Waals surface area contributed by atoms with Crippen LogP contribution >= 0.6 is 11.6 Å². The van der Waals surface area contributed by atoms with Gasteiger partial charge in [-0.1, -0.05) is 17.7 Å². The van der Waals surface area contributed by atoms with Crippen LogP contribution in [0.3, 0.4) is 0 Å². The van der Waals surface area contributed by atoms with Crippen molar-refractivity contribution in [2.75, 3.05) is 11.9 Å². The van der Waals surface area contributed by atoms with Crippen LogP contribution < -0.4 is 10.1 Å². The number of nitro groups is 1. The van der Waals surface area contributed by atoms with Crippen molar-refractivity contribution < 1.29 is 14.5 Å². The normalized spacial score (nSPS) is 10.4. The maximum Gasteiger partial charge on any atom is 0.311 e. The number of benzene rings is 2. The summed E-state index contributed by atoms with van der Waals surface area (Å²) < 4.78 is 6.80. The molecule has 0 saturated heterocycles. The van der Waals surface area contributed by atoms with Gasteiger partial charge >= 0.3 is 5.69 Å². The van der Waals surface area contributed by atoms with Gasteiger partial charge in [0, 0.05) is 11.1 Å². The standard InChI is InChI=1S/C17H14ClN5O4/c1-11-2-5-16(15(6-11)23(25)26)27-8-17(24)21-13-7-12(18)3-4-14(13)22-10-19-9-20-22/h2-7,9-10H,8H2,1H3,(H,21,24). The predicted molar refractivity (Wildman–Crippen MR) is 98.3 cm³/mol. The number of aryl methyl sites for hydroxylation is 1. The van der Waals surface area contributed by atoms with Crippen molar-refractivity contribution in [2.45, 2.75) is 6.92 Å². The van der Waals surface area contributed by atoms with E-state index in [9.17, 15) is 14.9 Å². The molecule has 0 aliphatic heterocycles. The minimum Gasteiger partial charge on any atom is -0.477 e. The van der Waals surface area contributed by atoms with Gasteiger partial charge in [0.2, 0.25) is 0 Å². The quantitative estimate of drug-likeness (QED) is 0.513. The molecule has 0 aliphatic carbocycles.